The fourth-order valence-corrected chi connectivity index (χ4v) is 8.29. The van der Waals surface area contributed by atoms with E-state index in [4.69, 9.17) is 9.97 Å². The summed E-state index contributed by atoms with van der Waals surface area (Å²) in [5.41, 5.74) is 14.9. The molecule has 3 aromatic heterocycles. The van der Waals surface area contributed by atoms with Gasteiger partial charge < -0.3 is 9.51 Å². The van der Waals surface area contributed by atoms with Gasteiger partial charge in [-0.1, -0.05) is 192 Å². The van der Waals surface area contributed by atoms with E-state index in [2.05, 4.69) is 161 Å². The maximum Gasteiger partial charge on any atom is 0.128 e. The van der Waals surface area contributed by atoms with Gasteiger partial charge in [0.2, 0.25) is 0 Å². The van der Waals surface area contributed by atoms with Crippen molar-refractivity contribution in [2.24, 2.45) is 0 Å². The summed E-state index contributed by atoms with van der Waals surface area (Å²) >= 11 is 0. The Kier molecular flexibility index (Phi) is 11.6. The molecule has 0 radical (unpaired) electrons. The monoisotopic (exact) mass is 998 g/mol. The van der Waals surface area contributed by atoms with Gasteiger partial charge in [0.1, 0.15) is 17.1 Å². The van der Waals surface area contributed by atoms with Gasteiger partial charge in [-0.15, -0.1) is 23.8 Å². The summed E-state index contributed by atoms with van der Waals surface area (Å²) < 4.78 is 2.16. The van der Waals surface area contributed by atoms with Crippen LogP contribution in [0.5, 0.6) is 5.75 Å². The Labute approximate surface area is 384 Å². The first kappa shape index (κ1) is 42.8. The van der Waals surface area contributed by atoms with Crippen molar-refractivity contribution in [3.63, 3.8) is 0 Å². The van der Waals surface area contributed by atoms with Crippen molar-refractivity contribution in [3.05, 3.63) is 193 Å². The molecule has 6 aromatic carbocycles. The van der Waals surface area contributed by atoms with Gasteiger partial charge in [0.25, 0.3) is 0 Å². The van der Waals surface area contributed by atoms with E-state index >= 15 is 0 Å². The minimum atomic E-state index is -0.339. The van der Waals surface area contributed by atoms with Gasteiger partial charge in [-0.2, -0.15) is 5.26 Å². The van der Waals surface area contributed by atoms with Gasteiger partial charge >= 0.3 is 0 Å². The smallest absolute Gasteiger partial charge is 0.128 e. The standard InChI is InChI=1S/C57H47N4O.Pt/c1-56(2,3)44-33-48(54(62)50(34-44)57(4,5)6)52-53(47-26-17-16-25-45(47)38-21-12-8-13-22-38)61-28-18-27-46(55(61)60-52)41-29-40(37-19-10-7-11-20-37)30-42(31-41)51-32-43(35-58)49(36-59-51)39-23-14-9-15-24-39;/h7-30,32-34,36,62H,1-6H3;/q-1;. The molecule has 63 heavy (non-hydrogen) atoms. The van der Waals surface area contributed by atoms with Crippen LogP contribution in [-0.2, 0) is 31.9 Å². The number of benzene rings is 6. The summed E-state index contributed by atoms with van der Waals surface area (Å²) in [5.74, 6) is 0.229. The van der Waals surface area contributed by atoms with E-state index in [-0.39, 0.29) is 37.6 Å². The number of phenols is 1. The van der Waals surface area contributed by atoms with E-state index in [1.165, 1.54) is 0 Å². The zero-order valence-electron chi connectivity index (χ0n) is 36.2. The third-order valence-corrected chi connectivity index (χ3v) is 11.6. The number of nitrogens with zero attached hydrogens (tertiary/aromatic N) is 4. The molecule has 0 amide bonds. The first-order valence-electron chi connectivity index (χ1n) is 21.0. The van der Waals surface area contributed by atoms with Crippen LogP contribution in [0.1, 0.15) is 58.2 Å². The summed E-state index contributed by atoms with van der Waals surface area (Å²) in [4.78, 5) is 10.5. The number of fused-ring (bicyclic) bond motifs is 1. The second kappa shape index (κ2) is 17.1. The van der Waals surface area contributed by atoms with Gasteiger partial charge in [0.05, 0.1) is 17.3 Å². The zero-order chi connectivity index (χ0) is 43.2. The van der Waals surface area contributed by atoms with Gasteiger partial charge in [-0.25, -0.2) is 4.98 Å². The Hall–Kier alpha value is -6.86. The quantitative estimate of drug-likeness (QED) is 0.161. The van der Waals surface area contributed by atoms with E-state index < -0.39 is 0 Å². The molecular formula is C57H47N4OPt-. The van der Waals surface area contributed by atoms with Crippen LogP contribution in [0.15, 0.2) is 170 Å². The minimum Gasteiger partial charge on any atom is -0.507 e. The maximum absolute atomic E-state index is 12.4. The normalized spacial score (nSPS) is 11.6. The summed E-state index contributed by atoms with van der Waals surface area (Å²) in [6.45, 7) is 13.0. The number of nitriles is 1. The zero-order valence-corrected chi connectivity index (χ0v) is 38.5. The molecule has 0 spiro atoms. The summed E-state index contributed by atoms with van der Waals surface area (Å²) in [6.07, 6.45) is 3.85. The van der Waals surface area contributed by atoms with Crippen molar-refractivity contribution in [3.8, 4) is 90.1 Å². The van der Waals surface area contributed by atoms with Crippen molar-refractivity contribution < 1.29 is 26.2 Å². The molecule has 9 aromatic rings. The van der Waals surface area contributed by atoms with Crippen molar-refractivity contribution in [2.75, 3.05) is 0 Å². The molecule has 0 aliphatic carbocycles. The van der Waals surface area contributed by atoms with Crippen molar-refractivity contribution in [2.45, 2.75) is 52.4 Å². The number of hydrogen-bond acceptors (Lipinski definition) is 4. The SMILES string of the molecule is CC(C)(C)c1cc(-c2nc3c(-c4[c-]c(-c5cc(C#N)c(-c6ccccc6)cn5)cc(-c5ccccc5)c4)cccn3c2-c2ccccc2-c2ccccc2)c(O)c(C(C)(C)C)c1.[Pt]. The van der Waals surface area contributed by atoms with Crippen LogP contribution < -0.4 is 0 Å². The number of phenolic OH excluding ortho intramolecular Hbond substituents is 1. The molecule has 0 aliphatic heterocycles. The van der Waals surface area contributed by atoms with Crippen LogP contribution in [-0.4, -0.2) is 19.5 Å². The number of aromatic hydroxyl groups is 1. The average molecular weight is 999 g/mol. The van der Waals surface area contributed by atoms with Crippen LogP contribution >= 0.6 is 0 Å². The molecule has 0 saturated heterocycles. The molecule has 1 N–H and O–H groups in total. The largest absolute Gasteiger partial charge is 0.507 e. The topological polar surface area (TPSA) is 74.2 Å². The van der Waals surface area contributed by atoms with Crippen LogP contribution in [0.3, 0.4) is 0 Å². The van der Waals surface area contributed by atoms with Gasteiger partial charge in [-0.3, -0.25) is 4.98 Å². The Balaban J connectivity index is 0.00000544. The molecule has 5 nitrogen and oxygen atoms in total. The number of aromatic nitrogens is 3. The molecular weight excluding hydrogens is 952 g/mol. The number of imidazole rings is 1. The molecule has 0 saturated carbocycles. The Bertz CT molecular complexity index is 3150. The molecule has 3 heterocycles. The van der Waals surface area contributed by atoms with E-state index in [1.54, 1.807) is 6.20 Å². The van der Waals surface area contributed by atoms with Crippen molar-refractivity contribution in [1.82, 2.24) is 14.4 Å². The number of pyridine rings is 2. The maximum atomic E-state index is 12.4. The van der Waals surface area contributed by atoms with Crippen LogP contribution in [0.4, 0.5) is 0 Å². The predicted molar refractivity (Wildman–Crippen MR) is 254 cm³/mol. The van der Waals surface area contributed by atoms with E-state index in [9.17, 15) is 10.4 Å². The third kappa shape index (κ3) is 8.28. The molecule has 312 valence electrons. The Morgan fingerprint density at radius 1 is 0.571 bits per heavy atom. The van der Waals surface area contributed by atoms with Gasteiger partial charge in [0, 0.05) is 61.4 Å². The Morgan fingerprint density at radius 3 is 1.76 bits per heavy atom. The molecule has 0 bridgehead atoms. The van der Waals surface area contributed by atoms with Gasteiger partial charge in [-0.05, 0) is 50.3 Å². The summed E-state index contributed by atoms with van der Waals surface area (Å²) in [5, 5.41) is 22.8. The van der Waals surface area contributed by atoms with Crippen molar-refractivity contribution >= 4 is 5.65 Å². The Morgan fingerprint density at radius 2 is 1.14 bits per heavy atom. The number of hydrogen-bond donors (Lipinski definition) is 1. The van der Waals surface area contributed by atoms with E-state index in [0.717, 1.165) is 78.1 Å². The molecule has 0 aliphatic rings. The molecule has 6 heteroatoms. The van der Waals surface area contributed by atoms with Gasteiger partial charge in [0.15, 0.2) is 0 Å². The third-order valence-electron chi connectivity index (χ3n) is 11.6. The molecule has 9 rings (SSSR count). The van der Waals surface area contributed by atoms with Crippen molar-refractivity contribution in [1.29, 1.82) is 5.26 Å². The van der Waals surface area contributed by atoms with Crippen LogP contribution in [0.2, 0.25) is 0 Å². The first-order chi connectivity index (χ1) is 29.9. The molecule has 0 atom stereocenters. The molecule has 0 fully saturated rings. The summed E-state index contributed by atoms with van der Waals surface area (Å²) in [7, 11) is 0. The fraction of sp³-hybridized carbons (Fsp3) is 0.140. The van der Waals surface area contributed by atoms with Crippen LogP contribution in [0, 0.1) is 17.4 Å². The summed E-state index contributed by atoms with van der Waals surface area (Å²) in [6, 6.07) is 59.7. The second-order valence-corrected chi connectivity index (χ2v) is 17.9. The van der Waals surface area contributed by atoms with E-state index in [1.807, 2.05) is 60.7 Å². The minimum absolute atomic E-state index is 0. The predicted octanol–water partition coefficient (Wildman–Crippen LogP) is 14.4. The van der Waals surface area contributed by atoms with Crippen LogP contribution in [0.25, 0.3) is 83.9 Å². The first-order valence-corrected chi connectivity index (χ1v) is 21.0. The fourth-order valence-electron chi connectivity index (χ4n) is 8.29. The second-order valence-electron chi connectivity index (χ2n) is 17.9. The van der Waals surface area contributed by atoms with E-state index in [0.29, 0.717) is 22.5 Å². The molecule has 0 unspecified atom stereocenters. The number of rotatable bonds is 7. The average Bonchev–Trinajstić information content (AvgIpc) is 3.68.